The van der Waals surface area contributed by atoms with Gasteiger partial charge in [0.05, 0.1) is 19.5 Å². The van der Waals surface area contributed by atoms with Crippen molar-refractivity contribution in [1.29, 1.82) is 0 Å². The fraction of sp³-hybridized carbons (Fsp3) is 0.929. The zero-order chi connectivity index (χ0) is 55.6. The molecule has 1 aromatic rings. The van der Waals surface area contributed by atoms with E-state index in [1.165, 1.54) is 308 Å². The number of carbonyl (C=O) groups excluding carboxylic acids is 2. The van der Waals surface area contributed by atoms with Crippen LogP contribution in [0.2, 0.25) is 0 Å². The quantitative estimate of drug-likeness (QED) is 0.0478. The van der Waals surface area contributed by atoms with E-state index in [1.807, 2.05) is 12.5 Å². The molecular formula is C70H135N3O4. The van der Waals surface area contributed by atoms with Crippen LogP contribution in [-0.2, 0) is 25.6 Å². The summed E-state index contributed by atoms with van der Waals surface area (Å²) < 4.78 is 14.1. The summed E-state index contributed by atoms with van der Waals surface area (Å²) in [7, 11) is 0. The van der Waals surface area contributed by atoms with Gasteiger partial charge in [0.2, 0.25) is 0 Å². The molecule has 7 heteroatoms. The number of aromatic nitrogens is 2. The molecule has 3 unspecified atom stereocenters. The summed E-state index contributed by atoms with van der Waals surface area (Å²) in [6, 6.07) is 0.674. The SMILES string of the molecule is CCCCCCCCCCN(CCCn1ccnc1)C(CCCCCCCCCC(=O)OCC(CCCCCC)CCCCCCCC)CCCCCCCCCC(=O)OCC(CCCCCC)CCCCCCCCC. The van der Waals surface area contributed by atoms with Crippen molar-refractivity contribution in [1.82, 2.24) is 14.5 Å². The van der Waals surface area contributed by atoms with Crippen LogP contribution < -0.4 is 0 Å². The minimum atomic E-state index is 0.0358. The van der Waals surface area contributed by atoms with Gasteiger partial charge >= 0.3 is 11.9 Å². The van der Waals surface area contributed by atoms with Gasteiger partial charge in [0.1, 0.15) is 0 Å². The second-order valence-corrected chi connectivity index (χ2v) is 24.6. The minimum Gasteiger partial charge on any atom is -0.465 e. The molecule has 0 fully saturated rings. The molecule has 1 aromatic heterocycles. The van der Waals surface area contributed by atoms with Crippen LogP contribution in [0.4, 0.5) is 0 Å². The first kappa shape index (κ1) is 73.1. The van der Waals surface area contributed by atoms with Crippen LogP contribution in [0.1, 0.15) is 369 Å². The van der Waals surface area contributed by atoms with Crippen molar-refractivity contribution in [3.8, 4) is 0 Å². The predicted molar refractivity (Wildman–Crippen MR) is 335 cm³/mol. The Bertz CT molecular complexity index is 1320. The molecule has 0 aliphatic heterocycles. The molecule has 0 aromatic carbocycles. The van der Waals surface area contributed by atoms with Gasteiger partial charge in [-0.1, -0.05) is 291 Å². The van der Waals surface area contributed by atoms with Crippen LogP contribution in [0.5, 0.6) is 0 Å². The Morgan fingerprint density at radius 2 is 0.675 bits per heavy atom. The lowest BCUT2D eigenvalue weighted by atomic mass is 9.95. The fourth-order valence-electron chi connectivity index (χ4n) is 11.9. The second kappa shape index (κ2) is 58.8. The first-order valence-corrected chi connectivity index (χ1v) is 35.0. The van der Waals surface area contributed by atoms with Crippen molar-refractivity contribution in [2.75, 3.05) is 26.3 Å². The maximum Gasteiger partial charge on any atom is 0.305 e. The first-order chi connectivity index (χ1) is 38.0. The van der Waals surface area contributed by atoms with Crippen molar-refractivity contribution >= 4 is 11.9 Å². The zero-order valence-corrected chi connectivity index (χ0v) is 52.7. The monoisotopic (exact) mass is 1080 g/mol. The van der Waals surface area contributed by atoms with E-state index >= 15 is 0 Å². The molecule has 454 valence electrons. The molecule has 1 rings (SSSR count). The highest BCUT2D eigenvalue weighted by molar-refractivity contribution is 5.69. The van der Waals surface area contributed by atoms with Crippen LogP contribution >= 0.6 is 0 Å². The lowest BCUT2D eigenvalue weighted by molar-refractivity contribution is -0.146. The van der Waals surface area contributed by atoms with Crippen LogP contribution in [0.15, 0.2) is 18.7 Å². The van der Waals surface area contributed by atoms with E-state index in [0.717, 1.165) is 32.2 Å². The number of rotatable bonds is 63. The van der Waals surface area contributed by atoms with E-state index in [4.69, 9.17) is 9.47 Å². The lowest BCUT2D eigenvalue weighted by Gasteiger charge is -2.32. The van der Waals surface area contributed by atoms with Crippen molar-refractivity contribution in [3.63, 3.8) is 0 Å². The number of nitrogens with zero attached hydrogens (tertiary/aromatic N) is 3. The highest BCUT2D eigenvalue weighted by Crippen LogP contribution is 2.24. The summed E-state index contributed by atoms with van der Waals surface area (Å²) in [5.41, 5.74) is 0. The summed E-state index contributed by atoms with van der Waals surface area (Å²) in [6.45, 7) is 16.2. The minimum absolute atomic E-state index is 0.0358. The molecule has 0 aliphatic rings. The summed E-state index contributed by atoms with van der Waals surface area (Å²) in [4.78, 5) is 32.9. The van der Waals surface area contributed by atoms with E-state index in [1.54, 1.807) is 0 Å². The average Bonchev–Trinajstić information content (AvgIpc) is 3.96. The Hall–Kier alpha value is -1.89. The summed E-state index contributed by atoms with van der Waals surface area (Å²) >= 11 is 0. The van der Waals surface area contributed by atoms with Crippen molar-refractivity contribution < 1.29 is 19.1 Å². The number of aryl methyl sites for hydroxylation is 1. The maximum absolute atomic E-state index is 12.8. The summed E-state index contributed by atoms with van der Waals surface area (Å²) in [5, 5.41) is 0. The first-order valence-electron chi connectivity index (χ1n) is 35.0. The molecule has 0 spiro atoms. The average molecular weight is 1080 g/mol. The molecule has 3 atom stereocenters. The highest BCUT2D eigenvalue weighted by atomic mass is 16.5. The van der Waals surface area contributed by atoms with E-state index in [0.29, 0.717) is 43.9 Å². The Morgan fingerprint density at radius 1 is 0.377 bits per heavy atom. The van der Waals surface area contributed by atoms with Crippen LogP contribution in [-0.4, -0.2) is 58.7 Å². The fourth-order valence-corrected chi connectivity index (χ4v) is 11.9. The molecule has 7 nitrogen and oxygen atoms in total. The third-order valence-corrected chi connectivity index (χ3v) is 17.1. The molecule has 0 saturated carbocycles. The van der Waals surface area contributed by atoms with Crippen molar-refractivity contribution in [2.45, 2.75) is 381 Å². The predicted octanol–water partition coefficient (Wildman–Crippen LogP) is 22.3. The Kier molecular flexibility index (Phi) is 55.8. The molecule has 0 saturated heterocycles. The van der Waals surface area contributed by atoms with Gasteiger partial charge < -0.3 is 18.9 Å². The van der Waals surface area contributed by atoms with Crippen LogP contribution in [0.25, 0.3) is 0 Å². The molecule has 77 heavy (non-hydrogen) atoms. The number of unbranched alkanes of at least 4 members (excludes halogenated alkanes) is 36. The Balaban J connectivity index is 2.58. The number of hydrogen-bond donors (Lipinski definition) is 0. The van der Waals surface area contributed by atoms with Gasteiger partial charge in [0.25, 0.3) is 0 Å². The number of imidazole rings is 1. The molecule has 1 heterocycles. The van der Waals surface area contributed by atoms with E-state index in [-0.39, 0.29) is 11.9 Å². The Morgan fingerprint density at radius 3 is 1.03 bits per heavy atom. The number of ether oxygens (including phenoxy) is 2. The second-order valence-electron chi connectivity index (χ2n) is 24.6. The molecular weight excluding hydrogens is 947 g/mol. The van der Waals surface area contributed by atoms with E-state index in [9.17, 15) is 9.59 Å². The molecule has 0 radical (unpaired) electrons. The number of hydrogen-bond acceptors (Lipinski definition) is 6. The van der Waals surface area contributed by atoms with Gasteiger partial charge in [0.15, 0.2) is 0 Å². The smallest absolute Gasteiger partial charge is 0.305 e. The highest BCUT2D eigenvalue weighted by Gasteiger charge is 2.19. The zero-order valence-electron chi connectivity index (χ0n) is 52.7. The van der Waals surface area contributed by atoms with Gasteiger partial charge in [-0.15, -0.1) is 0 Å². The van der Waals surface area contributed by atoms with Gasteiger partial charge in [-0.05, 0) is 82.6 Å². The van der Waals surface area contributed by atoms with Gasteiger partial charge in [-0.25, -0.2) is 4.98 Å². The van der Waals surface area contributed by atoms with Gasteiger partial charge in [0, 0.05) is 44.4 Å². The van der Waals surface area contributed by atoms with Crippen molar-refractivity contribution in [2.24, 2.45) is 11.8 Å². The summed E-state index contributed by atoms with van der Waals surface area (Å²) in [5.74, 6) is 1.16. The van der Waals surface area contributed by atoms with E-state index in [2.05, 4.69) is 55.3 Å². The van der Waals surface area contributed by atoms with Crippen molar-refractivity contribution in [3.05, 3.63) is 18.7 Å². The number of carbonyl (C=O) groups is 2. The van der Waals surface area contributed by atoms with Gasteiger partial charge in [-0.2, -0.15) is 0 Å². The lowest BCUT2D eigenvalue weighted by Crippen LogP contribution is -2.37. The maximum atomic E-state index is 12.8. The van der Waals surface area contributed by atoms with Crippen LogP contribution in [0, 0.1) is 11.8 Å². The largest absolute Gasteiger partial charge is 0.465 e. The topological polar surface area (TPSA) is 73.7 Å². The van der Waals surface area contributed by atoms with Gasteiger partial charge in [-0.3, -0.25) is 9.59 Å². The van der Waals surface area contributed by atoms with E-state index < -0.39 is 0 Å². The summed E-state index contributed by atoms with van der Waals surface area (Å²) in [6.07, 6.45) is 71.9. The normalized spacial score (nSPS) is 12.9. The molecule has 0 N–H and O–H groups in total. The molecule has 0 amide bonds. The van der Waals surface area contributed by atoms with Crippen LogP contribution in [0.3, 0.4) is 0 Å². The molecule has 0 aliphatic carbocycles. The molecule has 0 bridgehead atoms. The number of esters is 2. The Labute approximate surface area is 481 Å². The third-order valence-electron chi connectivity index (χ3n) is 17.1. The standard InChI is InChI=1S/C70H135N3O4/c1-6-11-16-21-24-32-39-48-60-73(61-49-59-72-62-58-71-65-72)68(54-44-35-28-25-30-37-46-56-69(74)76-63-66(50-40-19-14-9-4)52-42-33-23-18-13-8-3)55-45-36-29-26-31-38-47-57-70(75)77-64-67(51-41-20-15-10-5)53-43-34-27-22-17-12-7-2/h58,62,65-68H,6-57,59-61,63-64H2,1-5H3. The third kappa shape index (κ3) is 49.6.